The molecule has 2 rings (SSSR count). The summed E-state index contributed by atoms with van der Waals surface area (Å²) in [4.78, 5) is 2.84. The highest BCUT2D eigenvalue weighted by Crippen LogP contribution is 2.34. The average Bonchev–Trinajstić information content (AvgIpc) is 3.01. The second-order valence-corrected chi connectivity index (χ2v) is 6.42. The van der Waals surface area contributed by atoms with E-state index in [-0.39, 0.29) is 0 Å². The van der Waals surface area contributed by atoms with Gasteiger partial charge in [-0.2, -0.15) is 5.10 Å². The van der Waals surface area contributed by atoms with Gasteiger partial charge in [0.1, 0.15) is 11.8 Å². The molecule has 1 N–H and O–H groups in total. The minimum atomic E-state index is -0.785. The van der Waals surface area contributed by atoms with Crippen LogP contribution >= 0.6 is 22.9 Å². The fourth-order valence-corrected chi connectivity index (χ4v) is 2.94. The van der Waals surface area contributed by atoms with Gasteiger partial charge in [0, 0.05) is 11.4 Å². The van der Waals surface area contributed by atoms with Crippen LogP contribution < -0.4 is 4.74 Å². The molecule has 2 heterocycles. The molecule has 0 spiro atoms. The molecule has 0 saturated heterocycles. The van der Waals surface area contributed by atoms with Crippen LogP contribution in [0.1, 0.15) is 16.7 Å². The molecule has 0 aliphatic carbocycles. The third-order valence-electron chi connectivity index (χ3n) is 2.95. The van der Waals surface area contributed by atoms with E-state index in [9.17, 15) is 5.11 Å². The Bertz CT molecular complexity index is 568. The third kappa shape index (κ3) is 3.32. The summed E-state index contributed by atoms with van der Waals surface area (Å²) in [6.07, 6.45) is 0.843. The molecule has 0 aliphatic heterocycles. The molecule has 2 aromatic heterocycles. The van der Waals surface area contributed by atoms with E-state index in [1.165, 1.54) is 11.3 Å². The number of methoxy groups -OCH3 is 1. The molecular formula is C13H18ClN3O2S. The number of aromatic nitrogens is 2. The Hall–Kier alpha value is -1.08. The molecule has 0 fully saturated rings. The topological polar surface area (TPSA) is 50.5 Å². The van der Waals surface area contributed by atoms with Crippen LogP contribution in [-0.2, 0) is 6.54 Å². The Morgan fingerprint density at radius 2 is 2.25 bits per heavy atom. The van der Waals surface area contributed by atoms with Gasteiger partial charge in [0.2, 0.25) is 0 Å². The summed E-state index contributed by atoms with van der Waals surface area (Å²) in [6, 6.07) is 3.60. The van der Waals surface area contributed by atoms with E-state index in [0.29, 0.717) is 22.3 Å². The summed E-state index contributed by atoms with van der Waals surface area (Å²) in [5, 5.41) is 14.8. The van der Waals surface area contributed by atoms with E-state index in [1.54, 1.807) is 24.1 Å². The summed E-state index contributed by atoms with van der Waals surface area (Å²) in [5.41, 5.74) is 0.660. The fourth-order valence-electron chi connectivity index (χ4n) is 1.89. The maximum Gasteiger partial charge on any atom is 0.163 e. The van der Waals surface area contributed by atoms with E-state index in [2.05, 4.69) is 10.00 Å². The van der Waals surface area contributed by atoms with E-state index in [0.717, 1.165) is 11.4 Å². The lowest BCUT2D eigenvalue weighted by atomic mass is 10.2. The fraction of sp³-hybridized carbons (Fsp3) is 0.462. The molecule has 5 nitrogen and oxygen atoms in total. The van der Waals surface area contributed by atoms with E-state index < -0.39 is 6.10 Å². The van der Waals surface area contributed by atoms with Gasteiger partial charge in [-0.15, -0.1) is 11.3 Å². The van der Waals surface area contributed by atoms with Crippen LogP contribution in [0.25, 0.3) is 0 Å². The van der Waals surface area contributed by atoms with Crippen molar-refractivity contribution in [1.29, 1.82) is 0 Å². The molecule has 7 heteroatoms. The van der Waals surface area contributed by atoms with Gasteiger partial charge in [-0.1, -0.05) is 11.6 Å². The number of likely N-dealkylation sites (N-methyl/N-ethyl adjacent to an activating group) is 1. The molecule has 110 valence electrons. The molecule has 0 aromatic carbocycles. The molecule has 0 aliphatic rings. The zero-order valence-corrected chi connectivity index (χ0v) is 13.3. The van der Waals surface area contributed by atoms with Gasteiger partial charge in [0.15, 0.2) is 5.75 Å². The molecule has 0 bridgehead atoms. The Kier molecular flexibility index (Phi) is 5.04. The smallest absolute Gasteiger partial charge is 0.163 e. The number of hydrogen-bond acceptors (Lipinski definition) is 5. The Morgan fingerprint density at radius 1 is 1.50 bits per heavy atom. The van der Waals surface area contributed by atoms with Crippen molar-refractivity contribution in [3.8, 4) is 5.75 Å². The Balaban J connectivity index is 2.30. The van der Waals surface area contributed by atoms with Gasteiger partial charge < -0.3 is 14.7 Å². The zero-order valence-electron chi connectivity index (χ0n) is 11.7. The molecule has 0 radical (unpaired) electrons. The van der Waals surface area contributed by atoms with Crippen molar-refractivity contribution < 1.29 is 9.84 Å². The lowest BCUT2D eigenvalue weighted by Crippen LogP contribution is -2.21. The highest BCUT2D eigenvalue weighted by Gasteiger charge is 2.22. The van der Waals surface area contributed by atoms with Crippen molar-refractivity contribution in [2.24, 2.45) is 0 Å². The molecule has 0 amide bonds. The number of hydrogen-bond donors (Lipinski definition) is 1. The highest BCUT2D eigenvalue weighted by atomic mass is 35.5. The van der Waals surface area contributed by atoms with Crippen molar-refractivity contribution in [1.82, 2.24) is 14.7 Å². The number of nitrogens with zero attached hydrogens (tertiary/aromatic N) is 3. The van der Waals surface area contributed by atoms with Crippen LogP contribution in [-0.4, -0.2) is 47.5 Å². The Morgan fingerprint density at radius 3 is 2.80 bits per heavy atom. The summed E-state index contributed by atoms with van der Waals surface area (Å²) < 4.78 is 7.72. The maximum atomic E-state index is 10.5. The van der Waals surface area contributed by atoms with Crippen LogP contribution in [0, 0.1) is 0 Å². The van der Waals surface area contributed by atoms with Crippen LogP contribution in [0.15, 0.2) is 18.3 Å². The summed E-state index contributed by atoms with van der Waals surface area (Å²) in [6.45, 7) is 1.51. The highest BCUT2D eigenvalue weighted by molar-refractivity contribution is 7.16. The van der Waals surface area contributed by atoms with E-state index >= 15 is 0 Å². The first kappa shape index (κ1) is 15.3. The van der Waals surface area contributed by atoms with Gasteiger partial charge >= 0.3 is 0 Å². The van der Waals surface area contributed by atoms with Crippen molar-refractivity contribution in [3.63, 3.8) is 0 Å². The van der Waals surface area contributed by atoms with Crippen LogP contribution in [0.5, 0.6) is 5.75 Å². The van der Waals surface area contributed by atoms with Gasteiger partial charge in [-0.3, -0.25) is 4.68 Å². The molecule has 0 saturated carbocycles. The second-order valence-electron chi connectivity index (χ2n) is 4.67. The van der Waals surface area contributed by atoms with Gasteiger partial charge in [0.25, 0.3) is 0 Å². The molecule has 2 aromatic rings. The minimum Gasteiger partial charge on any atom is -0.493 e. The lowest BCUT2D eigenvalue weighted by Gasteiger charge is -2.15. The van der Waals surface area contributed by atoms with Crippen LogP contribution in [0.4, 0.5) is 0 Å². The normalized spacial score (nSPS) is 12.9. The van der Waals surface area contributed by atoms with Gasteiger partial charge in [-0.25, -0.2) is 0 Å². The number of halogens is 1. The summed E-state index contributed by atoms with van der Waals surface area (Å²) in [7, 11) is 5.57. The van der Waals surface area contributed by atoms with Crippen molar-refractivity contribution >= 4 is 22.9 Å². The molecule has 20 heavy (non-hydrogen) atoms. The number of aliphatic hydroxyl groups excluding tert-OH is 1. The van der Waals surface area contributed by atoms with Crippen molar-refractivity contribution in [2.75, 3.05) is 27.7 Å². The summed E-state index contributed by atoms with van der Waals surface area (Å²) >= 11 is 7.28. The summed E-state index contributed by atoms with van der Waals surface area (Å²) in [5.74, 6) is 0.584. The van der Waals surface area contributed by atoms with Gasteiger partial charge in [-0.05, 0) is 26.2 Å². The maximum absolute atomic E-state index is 10.5. The minimum absolute atomic E-state index is 0.584. The lowest BCUT2D eigenvalue weighted by molar-refractivity contribution is 0.204. The predicted octanol–water partition coefficient (Wildman–Crippen LogP) is 2.25. The quantitative estimate of drug-likeness (QED) is 0.888. The monoisotopic (exact) mass is 315 g/mol. The molecular weight excluding hydrogens is 298 g/mol. The van der Waals surface area contributed by atoms with Crippen LogP contribution in [0.2, 0.25) is 4.34 Å². The first-order chi connectivity index (χ1) is 9.52. The largest absolute Gasteiger partial charge is 0.493 e. The zero-order chi connectivity index (χ0) is 14.7. The van der Waals surface area contributed by atoms with Gasteiger partial charge in [0.05, 0.1) is 24.2 Å². The van der Waals surface area contributed by atoms with E-state index in [1.807, 2.05) is 20.2 Å². The van der Waals surface area contributed by atoms with E-state index in [4.69, 9.17) is 16.3 Å². The number of ether oxygens (including phenoxy) is 1. The SMILES string of the molecule is COc1cnn(CCN(C)C)c1C(O)c1ccc(Cl)s1. The third-order valence-corrected chi connectivity index (χ3v) is 4.23. The second kappa shape index (κ2) is 6.58. The predicted molar refractivity (Wildman–Crippen MR) is 80.7 cm³/mol. The number of thiophene rings is 1. The van der Waals surface area contributed by atoms with Crippen molar-refractivity contribution in [3.05, 3.63) is 33.2 Å². The first-order valence-corrected chi connectivity index (χ1v) is 7.40. The number of aliphatic hydroxyl groups is 1. The molecule has 1 atom stereocenters. The molecule has 1 unspecified atom stereocenters. The van der Waals surface area contributed by atoms with Crippen molar-refractivity contribution in [2.45, 2.75) is 12.6 Å². The van der Waals surface area contributed by atoms with Crippen LogP contribution in [0.3, 0.4) is 0 Å². The first-order valence-electron chi connectivity index (χ1n) is 6.20. The average molecular weight is 316 g/mol. The Labute approximate surface area is 127 Å². The number of rotatable bonds is 6. The standard InChI is InChI=1S/C13H18ClN3O2S/c1-16(2)6-7-17-12(9(19-3)8-15-17)13(18)10-4-5-11(14)20-10/h4-5,8,13,18H,6-7H2,1-3H3.